The topological polar surface area (TPSA) is 49.3 Å². The second-order valence-corrected chi connectivity index (χ2v) is 6.80. The van der Waals surface area contributed by atoms with E-state index in [-0.39, 0.29) is 10.6 Å². The Labute approximate surface area is 123 Å². The predicted octanol–water partition coefficient (Wildman–Crippen LogP) is 2.17. The van der Waals surface area contributed by atoms with Gasteiger partial charge in [-0.2, -0.15) is 11.8 Å². The molecule has 110 valence electrons. The van der Waals surface area contributed by atoms with E-state index in [0.29, 0.717) is 18.2 Å². The number of aromatic nitrogens is 1. The number of aliphatic imine (C=N–C) groups is 1. The first-order valence-electron chi connectivity index (χ1n) is 6.81. The molecule has 0 spiro atoms. The molecule has 1 saturated heterocycles. The van der Waals surface area contributed by atoms with Crippen molar-refractivity contribution in [2.45, 2.75) is 31.1 Å². The van der Waals surface area contributed by atoms with E-state index >= 15 is 0 Å². The molecule has 0 aromatic carbocycles. The van der Waals surface area contributed by atoms with Crippen LogP contribution in [0.5, 0.6) is 0 Å². The van der Waals surface area contributed by atoms with Crippen LogP contribution in [0, 0.1) is 5.82 Å². The van der Waals surface area contributed by atoms with Gasteiger partial charge in [0.1, 0.15) is 5.82 Å². The minimum Gasteiger partial charge on any atom is -0.355 e. The van der Waals surface area contributed by atoms with E-state index in [4.69, 9.17) is 0 Å². The first-order chi connectivity index (χ1) is 9.63. The summed E-state index contributed by atoms with van der Waals surface area (Å²) in [6.07, 6.45) is 4.08. The maximum Gasteiger partial charge on any atom is 0.191 e. The average molecular weight is 296 g/mol. The minimum absolute atomic E-state index is 0.272. The second-order valence-electron chi connectivity index (χ2n) is 5.11. The highest BCUT2D eigenvalue weighted by Crippen LogP contribution is 2.36. The standard InChI is InChI=1S/C14H21FN4S/c1-14(6-4-8-20-14)10-19-13(16-2)18-9-12-11(15)5-3-7-17-12/h3,5,7H,4,6,8-10H2,1-2H3,(H2,16,18,19). The molecule has 1 atom stereocenters. The molecule has 0 amide bonds. The van der Waals surface area contributed by atoms with Gasteiger partial charge in [-0.15, -0.1) is 0 Å². The lowest BCUT2D eigenvalue weighted by Gasteiger charge is -2.24. The van der Waals surface area contributed by atoms with Crippen molar-refractivity contribution in [1.29, 1.82) is 0 Å². The van der Waals surface area contributed by atoms with Crippen LogP contribution in [0.2, 0.25) is 0 Å². The van der Waals surface area contributed by atoms with Gasteiger partial charge in [-0.25, -0.2) is 4.39 Å². The van der Waals surface area contributed by atoms with Gasteiger partial charge in [0, 0.05) is 24.5 Å². The Balaban J connectivity index is 1.82. The van der Waals surface area contributed by atoms with Crippen LogP contribution in [-0.2, 0) is 6.54 Å². The van der Waals surface area contributed by atoms with Crippen LogP contribution in [0.15, 0.2) is 23.3 Å². The lowest BCUT2D eigenvalue weighted by Crippen LogP contribution is -2.43. The summed E-state index contributed by atoms with van der Waals surface area (Å²) in [4.78, 5) is 8.17. The number of thioether (sulfide) groups is 1. The normalized spacial score (nSPS) is 22.9. The second kappa shape index (κ2) is 6.92. The zero-order valence-corrected chi connectivity index (χ0v) is 12.8. The van der Waals surface area contributed by atoms with Crippen LogP contribution in [-0.4, -0.2) is 35.0 Å². The Morgan fingerprint density at radius 1 is 1.55 bits per heavy atom. The van der Waals surface area contributed by atoms with Crippen molar-refractivity contribution in [3.05, 3.63) is 29.8 Å². The van der Waals surface area contributed by atoms with Gasteiger partial charge in [0.2, 0.25) is 0 Å². The van der Waals surface area contributed by atoms with Gasteiger partial charge < -0.3 is 10.6 Å². The summed E-state index contributed by atoms with van der Waals surface area (Å²) in [5, 5.41) is 6.40. The third kappa shape index (κ3) is 4.10. The fourth-order valence-electron chi connectivity index (χ4n) is 2.18. The number of hydrogen-bond acceptors (Lipinski definition) is 3. The van der Waals surface area contributed by atoms with Crippen LogP contribution in [0.1, 0.15) is 25.5 Å². The molecule has 1 aromatic heterocycles. The van der Waals surface area contributed by atoms with E-state index in [1.807, 2.05) is 11.8 Å². The first-order valence-corrected chi connectivity index (χ1v) is 7.79. The number of guanidine groups is 1. The zero-order valence-electron chi connectivity index (χ0n) is 11.9. The molecule has 0 aliphatic carbocycles. The molecule has 0 bridgehead atoms. The third-order valence-corrected chi connectivity index (χ3v) is 4.95. The van der Waals surface area contributed by atoms with Gasteiger partial charge >= 0.3 is 0 Å². The Morgan fingerprint density at radius 3 is 3.05 bits per heavy atom. The van der Waals surface area contributed by atoms with Crippen molar-refractivity contribution in [2.24, 2.45) is 4.99 Å². The molecule has 1 fully saturated rings. The van der Waals surface area contributed by atoms with Crippen LogP contribution >= 0.6 is 11.8 Å². The van der Waals surface area contributed by atoms with Gasteiger partial charge in [-0.3, -0.25) is 9.98 Å². The smallest absolute Gasteiger partial charge is 0.191 e. The average Bonchev–Trinajstić information content (AvgIpc) is 2.88. The molecule has 0 saturated carbocycles. The van der Waals surface area contributed by atoms with E-state index in [9.17, 15) is 4.39 Å². The lowest BCUT2D eigenvalue weighted by atomic mass is 10.1. The van der Waals surface area contributed by atoms with Crippen LogP contribution < -0.4 is 10.6 Å². The quantitative estimate of drug-likeness (QED) is 0.660. The highest BCUT2D eigenvalue weighted by Gasteiger charge is 2.29. The molecule has 2 heterocycles. The van der Waals surface area contributed by atoms with E-state index < -0.39 is 0 Å². The van der Waals surface area contributed by atoms with Gasteiger partial charge in [0.15, 0.2) is 5.96 Å². The molecule has 1 aliphatic rings. The van der Waals surface area contributed by atoms with E-state index in [2.05, 4.69) is 27.5 Å². The molecule has 0 radical (unpaired) electrons. The summed E-state index contributed by atoms with van der Waals surface area (Å²) in [5.74, 6) is 1.61. The number of nitrogens with one attached hydrogen (secondary N) is 2. The number of pyridine rings is 1. The van der Waals surface area contributed by atoms with E-state index in [1.165, 1.54) is 24.7 Å². The minimum atomic E-state index is -0.297. The number of nitrogens with zero attached hydrogens (tertiary/aromatic N) is 2. The number of rotatable bonds is 4. The Kier molecular flexibility index (Phi) is 5.23. The van der Waals surface area contributed by atoms with Crippen molar-refractivity contribution in [1.82, 2.24) is 15.6 Å². The molecule has 4 nitrogen and oxygen atoms in total. The Hall–Kier alpha value is -1.30. The Bertz CT molecular complexity index is 472. The Morgan fingerprint density at radius 2 is 2.40 bits per heavy atom. The third-order valence-electron chi connectivity index (χ3n) is 3.41. The number of hydrogen-bond donors (Lipinski definition) is 2. The highest BCUT2D eigenvalue weighted by molar-refractivity contribution is 8.00. The maximum absolute atomic E-state index is 13.5. The molecular weight excluding hydrogens is 275 g/mol. The summed E-state index contributed by atoms with van der Waals surface area (Å²) in [6.45, 7) is 3.46. The monoisotopic (exact) mass is 296 g/mol. The molecule has 1 aliphatic heterocycles. The van der Waals surface area contributed by atoms with Crippen molar-refractivity contribution in [2.75, 3.05) is 19.3 Å². The zero-order chi connectivity index (χ0) is 14.4. The first kappa shape index (κ1) is 15.1. The van der Waals surface area contributed by atoms with E-state index in [1.54, 1.807) is 19.3 Å². The molecular formula is C14H21FN4S. The van der Waals surface area contributed by atoms with Crippen molar-refractivity contribution in [3.63, 3.8) is 0 Å². The summed E-state index contributed by atoms with van der Waals surface area (Å²) in [6, 6.07) is 3.00. The SMILES string of the molecule is CN=C(NCc1ncccc1F)NCC1(C)CCCS1. The molecule has 6 heteroatoms. The summed E-state index contributed by atoms with van der Waals surface area (Å²) in [7, 11) is 1.72. The molecule has 2 N–H and O–H groups in total. The van der Waals surface area contributed by atoms with Crippen molar-refractivity contribution in [3.8, 4) is 0 Å². The molecule has 1 unspecified atom stereocenters. The largest absolute Gasteiger partial charge is 0.355 e. The van der Waals surface area contributed by atoms with Gasteiger partial charge in [0.25, 0.3) is 0 Å². The summed E-state index contributed by atoms with van der Waals surface area (Å²) >= 11 is 2.00. The fourth-order valence-corrected chi connectivity index (χ4v) is 3.43. The van der Waals surface area contributed by atoms with Crippen LogP contribution in [0.3, 0.4) is 0 Å². The van der Waals surface area contributed by atoms with Gasteiger partial charge in [-0.05, 0) is 37.7 Å². The van der Waals surface area contributed by atoms with Crippen LogP contribution in [0.25, 0.3) is 0 Å². The highest BCUT2D eigenvalue weighted by atomic mass is 32.2. The summed E-state index contributed by atoms with van der Waals surface area (Å²) in [5.41, 5.74) is 0.400. The maximum atomic E-state index is 13.5. The fraction of sp³-hybridized carbons (Fsp3) is 0.571. The summed E-state index contributed by atoms with van der Waals surface area (Å²) < 4.78 is 13.7. The van der Waals surface area contributed by atoms with E-state index in [0.717, 1.165) is 6.54 Å². The van der Waals surface area contributed by atoms with Gasteiger partial charge in [-0.1, -0.05) is 0 Å². The molecule has 1 aromatic rings. The van der Waals surface area contributed by atoms with Gasteiger partial charge in [0.05, 0.1) is 12.2 Å². The van der Waals surface area contributed by atoms with Crippen molar-refractivity contribution >= 4 is 17.7 Å². The molecule has 20 heavy (non-hydrogen) atoms. The van der Waals surface area contributed by atoms with Crippen molar-refractivity contribution < 1.29 is 4.39 Å². The predicted molar refractivity (Wildman–Crippen MR) is 82.5 cm³/mol. The lowest BCUT2D eigenvalue weighted by molar-refractivity contribution is 0.577. The molecule has 2 rings (SSSR count). The van der Waals surface area contributed by atoms with Crippen LogP contribution in [0.4, 0.5) is 4.39 Å². The number of halogens is 1.